The fourth-order valence-corrected chi connectivity index (χ4v) is 4.29. The van der Waals surface area contributed by atoms with Crippen molar-refractivity contribution >= 4 is 5.91 Å². The zero-order valence-corrected chi connectivity index (χ0v) is 19.6. The van der Waals surface area contributed by atoms with Crippen LogP contribution in [-0.2, 0) is 11.3 Å². The molecule has 4 rings (SSSR count). The van der Waals surface area contributed by atoms with Crippen molar-refractivity contribution in [3.05, 3.63) is 65.5 Å². The summed E-state index contributed by atoms with van der Waals surface area (Å²) in [5.41, 5.74) is 3.22. The fraction of sp³-hybridized carbons (Fsp3) is 0.423. The SMILES string of the molecule is CCC(NC(=O)C1CCCN(Cc2nc(-c3ccc(C)cc3)no2)C1)c1ccc(OC)cc1. The topological polar surface area (TPSA) is 80.5 Å². The summed E-state index contributed by atoms with van der Waals surface area (Å²) in [6.45, 7) is 6.30. The molecule has 33 heavy (non-hydrogen) atoms. The van der Waals surface area contributed by atoms with Gasteiger partial charge in [-0.05, 0) is 50.4 Å². The number of carbonyl (C=O) groups is 1. The Hall–Kier alpha value is -3.19. The maximum Gasteiger partial charge on any atom is 0.241 e. The average Bonchev–Trinajstić information content (AvgIpc) is 3.31. The van der Waals surface area contributed by atoms with E-state index in [1.807, 2.05) is 55.5 Å². The lowest BCUT2D eigenvalue weighted by molar-refractivity contribution is -0.127. The number of likely N-dealkylation sites (tertiary alicyclic amines) is 1. The fourth-order valence-electron chi connectivity index (χ4n) is 4.29. The first-order valence-electron chi connectivity index (χ1n) is 11.6. The molecule has 2 aromatic carbocycles. The van der Waals surface area contributed by atoms with Crippen LogP contribution in [0.15, 0.2) is 53.1 Å². The van der Waals surface area contributed by atoms with E-state index in [4.69, 9.17) is 9.26 Å². The molecular formula is C26H32N4O3. The summed E-state index contributed by atoms with van der Waals surface area (Å²) >= 11 is 0. The van der Waals surface area contributed by atoms with Gasteiger partial charge in [-0.2, -0.15) is 4.98 Å². The third kappa shape index (κ3) is 5.79. The molecule has 1 saturated heterocycles. The number of aromatic nitrogens is 2. The number of benzene rings is 2. The molecule has 1 amide bonds. The summed E-state index contributed by atoms with van der Waals surface area (Å²) in [5, 5.41) is 7.38. The van der Waals surface area contributed by atoms with Crippen molar-refractivity contribution in [2.24, 2.45) is 5.92 Å². The van der Waals surface area contributed by atoms with E-state index in [-0.39, 0.29) is 17.9 Å². The monoisotopic (exact) mass is 448 g/mol. The third-order valence-corrected chi connectivity index (χ3v) is 6.26. The molecule has 1 N–H and O–H groups in total. The lowest BCUT2D eigenvalue weighted by Gasteiger charge is -2.32. The van der Waals surface area contributed by atoms with Gasteiger partial charge in [0.2, 0.25) is 17.6 Å². The van der Waals surface area contributed by atoms with Gasteiger partial charge in [-0.15, -0.1) is 0 Å². The number of carbonyl (C=O) groups excluding carboxylic acids is 1. The second-order valence-electron chi connectivity index (χ2n) is 8.69. The number of nitrogens with zero attached hydrogens (tertiary/aromatic N) is 3. The molecular weight excluding hydrogens is 416 g/mol. The summed E-state index contributed by atoms with van der Waals surface area (Å²) < 4.78 is 10.7. The Morgan fingerprint density at radius 3 is 2.67 bits per heavy atom. The number of nitrogens with one attached hydrogen (secondary N) is 1. The van der Waals surface area contributed by atoms with Crippen LogP contribution in [0.25, 0.3) is 11.4 Å². The van der Waals surface area contributed by atoms with Crippen molar-refractivity contribution in [1.82, 2.24) is 20.4 Å². The van der Waals surface area contributed by atoms with Crippen molar-refractivity contribution in [1.29, 1.82) is 0 Å². The Labute approximate surface area is 195 Å². The molecule has 1 fully saturated rings. The van der Waals surface area contributed by atoms with Gasteiger partial charge in [-0.25, -0.2) is 0 Å². The molecule has 7 nitrogen and oxygen atoms in total. The van der Waals surface area contributed by atoms with Gasteiger partial charge in [0.15, 0.2) is 0 Å². The normalized spacial score (nSPS) is 17.5. The largest absolute Gasteiger partial charge is 0.497 e. The molecule has 2 atom stereocenters. The van der Waals surface area contributed by atoms with E-state index in [1.165, 1.54) is 5.56 Å². The summed E-state index contributed by atoms with van der Waals surface area (Å²) in [6, 6.07) is 16.0. The molecule has 3 aromatic rings. The molecule has 2 unspecified atom stereocenters. The molecule has 1 aromatic heterocycles. The van der Waals surface area contributed by atoms with Crippen LogP contribution < -0.4 is 10.1 Å². The Morgan fingerprint density at radius 1 is 1.21 bits per heavy atom. The lowest BCUT2D eigenvalue weighted by atomic mass is 9.95. The van der Waals surface area contributed by atoms with Crippen LogP contribution in [0.3, 0.4) is 0 Å². The van der Waals surface area contributed by atoms with Crippen molar-refractivity contribution in [3.63, 3.8) is 0 Å². The number of piperidine rings is 1. The van der Waals surface area contributed by atoms with Crippen molar-refractivity contribution < 1.29 is 14.1 Å². The van der Waals surface area contributed by atoms with E-state index >= 15 is 0 Å². The summed E-state index contributed by atoms with van der Waals surface area (Å²) in [6.07, 6.45) is 2.69. The Morgan fingerprint density at radius 2 is 1.97 bits per heavy atom. The molecule has 1 aliphatic heterocycles. The Balaban J connectivity index is 1.34. The second-order valence-corrected chi connectivity index (χ2v) is 8.69. The highest BCUT2D eigenvalue weighted by Gasteiger charge is 2.28. The Bertz CT molecular complexity index is 1050. The predicted octanol–water partition coefficient (Wildman–Crippen LogP) is 4.53. The zero-order chi connectivity index (χ0) is 23.2. The summed E-state index contributed by atoms with van der Waals surface area (Å²) in [5.74, 6) is 2.05. The van der Waals surface area contributed by atoms with Crippen LogP contribution in [0.1, 0.15) is 49.2 Å². The predicted molar refractivity (Wildman–Crippen MR) is 127 cm³/mol. The minimum absolute atomic E-state index is 0.00760. The van der Waals surface area contributed by atoms with Crippen LogP contribution in [0.2, 0.25) is 0 Å². The van der Waals surface area contributed by atoms with Gasteiger partial charge in [0.1, 0.15) is 5.75 Å². The van der Waals surface area contributed by atoms with Crippen LogP contribution in [-0.4, -0.2) is 41.1 Å². The molecule has 0 spiro atoms. The van der Waals surface area contributed by atoms with Gasteiger partial charge < -0.3 is 14.6 Å². The molecule has 0 bridgehead atoms. The number of methoxy groups -OCH3 is 1. The number of amides is 1. The van der Waals surface area contributed by atoms with Gasteiger partial charge in [0.05, 0.1) is 25.6 Å². The van der Waals surface area contributed by atoms with Crippen molar-refractivity contribution in [3.8, 4) is 17.1 Å². The van der Waals surface area contributed by atoms with Crippen LogP contribution in [0.5, 0.6) is 5.75 Å². The van der Waals surface area contributed by atoms with E-state index in [0.29, 0.717) is 24.8 Å². The lowest BCUT2D eigenvalue weighted by Crippen LogP contribution is -2.43. The maximum absolute atomic E-state index is 13.1. The van der Waals surface area contributed by atoms with Crippen molar-refractivity contribution in [2.45, 2.75) is 45.7 Å². The van der Waals surface area contributed by atoms with E-state index in [9.17, 15) is 4.79 Å². The van der Waals surface area contributed by atoms with Crippen LogP contribution in [0, 0.1) is 12.8 Å². The number of hydrogen-bond donors (Lipinski definition) is 1. The maximum atomic E-state index is 13.1. The first-order valence-corrected chi connectivity index (χ1v) is 11.6. The van der Waals surface area contributed by atoms with E-state index in [2.05, 4.69) is 27.3 Å². The number of hydrogen-bond acceptors (Lipinski definition) is 6. The summed E-state index contributed by atoms with van der Waals surface area (Å²) in [4.78, 5) is 19.9. The minimum Gasteiger partial charge on any atom is -0.497 e. The molecule has 7 heteroatoms. The average molecular weight is 449 g/mol. The van der Waals surface area contributed by atoms with Crippen molar-refractivity contribution in [2.75, 3.05) is 20.2 Å². The minimum atomic E-state index is -0.0504. The highest BCUT2D eigenvalue weighted by Crippen LogP contribution is 2.24. The van der Waals surface area contributed by atoms with E-state index in [1.54, 1.807) is 7.11 Å². The molecule has 0 radical (unpaired) electrons. The van der Waals surface area contributed by atoms with Gasteiger partial charge in [0.25, 0.3) is 0 Å². The van der Waals surface area contributed by atoms with E-state index < -0.39 is 0 Å². The zero-order valence-electron chi connectivity index (χ0n) is 19.6. The highest BCUT2D eigenvalue weighted by molar-refractivity contribution is 5.79. The van der Waals surface area contributed by atoms with Crippen LogP contribution in [0.4, 0.5) is 0 Å². The number of aryl methyl sites for hydroxylation is 1. The van der Waals surface area contributed by atoms with Gasteiger partial charge in [-0.1, -0.05) is 54.0 Å². The molecule has 0 aliphatic carbocycles. The molecule has 0 saturated carbocycles. The van der Waals surface area contributed by atoms with Crippen LogP contribution >= 0.6 is 0 Å². The first kappa shape index (κ1) is 23.0. The quantitative estimate of drug-likeness (QED) is 0.545. The van der Waals surface area contributed by atoms with Gasteiger partial charge >= 0.3 is 0 Å². The van der Waals surface area contributed by atoms with Gasteiger partial charge in [-0.3, -0.25) is 9.69 Å². The number of ether oxygens (including phenoxy) is 1. The standard InChI is InChI=1S/C26H32N4O3/c1-4-23(19-11-13-22(32-3)14-12-19)27-26(31)21-6-5-15-30(16-21)17-24-28-25(29-33-24)20-9-7-18(2)8-10-20/h7-14,21,23H,4-6,15-17H2,1-3H3,(H,27,31). The third-order valence-electron chi connectivity index (χ3n) is 6.26. The smallest absolute Gasteiger partial charge is 0.241 e. The number of rotatable bonds is 8. The first-order chi connectivity index (χ1) is 16.1. The van der Waals surface area contributed by atoms with Gasteiger partial charge in [0, 0.05) is 12.1 Å². The highest BCUT2D eigenvalue weighted by atomic mass is 16.5. The van der Waals surface area contributed by atoms with E-state index in [0.717, 1.165) is 42.7 Å². The second kappa shape index (κ2) is 10.6. The molecule has 174 valence electrons. The Kier molecular flexibility index (Phi) is 7.40. The summed E-state index contributed by atoms with van der Waals surface area (Å²) in [7, 11) is 1.65. The molecule has 1 aliphatic rings. The molecule has 2 heterocycles.